The van der Waals surface area contributed by atoms with Crippen LogP contribution in [0.25, 0.3) is 11.3 Å². The molecule has 11 heteroatoms. The van der Waals surface area contributed by atoms with Crippen LogP contribution in [0.5, 0.6) is 5.75 Å². The summed E-state index contributed by atoms with van der Waals surface area (Å²) in [6.07, 6.45) is 3.42. The molecule has 3 aromatic rings. The second-order valence-corrected chi connectivity index (χ2v) is 8.27. The number of aromatic nitrogens is 4. The van der Waals surface area contributed by atoms with E-state index in [0.717, 1.165) is 28.7 Å². The number of anilines is 1. The standard InChI is InChI=1S/C24H26F3N5O3/c1-3-4-5-34-6-7-35-19-9-17(10-28-12-19)20-8-16(2)22-21(30-20)14-32(23(22)33)18-11-29-31(13-18)15-24(25,26)27/h8-13H,3-7,14-15H2,1-2H3. The van der Waals surface area contributed by atoms with Crippen LogP contribution in [0.2, 0.25) is 0 Å². The number of pyridine rings is 2. The Kier molecular flexibility index (Phi) is 7.34. The maximum absolute atomic E-state index is 13.0. The largest absolute Gasteiger partial charge is 0.490 e. The number of rotatable bonds is 10. The summed E-state index contributed by atoms with van der Waals surface area (Å²) in [6, 6.07) is 3.62. The number of unbranched alkanes of at least 4 members (excludes halogenated alkanes) is 1. The van der Waals surface area contributed by atoms with E-state index in [1.807, 2.05) is 6.07 Å². The normalized spacial score (nSPS) is 13.4. The molecule has 35 heavy (non-hydrogen) atoms. The molecule has 0 atom stereocenters. The summed E-state index contributed by atoms with van der Waals surface area (Å²) in [5, 5.41) is 3.74. The summed E-state index contributed by atoms with van der Waals surface area (Å²) in [6.45, 7) is 4.41. The van der Waals surface area contributed by atoms with E-state index in [9.17, 15) is 18.0 Å². The van der Waals surface area contributed by atoms with Gasteiger partial charge in [0.1, 0.15) is 18.9 Å². The number of halogens is 3. The molecular formula is C24H26F3N5O3. The van der Waals surface area contributed by atoms with Gasteiger partial charge in [-0.25, -0.2) is 0 Å². The highest BCUT2D eigenvalue weighted by Crippen LogP contribution is 2.32. The number of hydrogen-bond acceptors (Lipinski definition) is 6. The zero-order chi connectivity index (χ0) is 25.0. The van der Waals surface area contributed by atoms with E-state index in [4.69, 9.17) is 9.47 Å². The first-order valence-corrected chi connectivity index (χ1v) is 11.3. The molecule has 0 aromatic carbocycles. The summed E-state index contributed by atoms with van der Waals surface area (Å²) in [7, 11) is 0. The number of nitrogens with zero attached hydrogens (tertiary/aromatic N) is 5. The Morgan fingerprint density at radius 2 is 1.94 bits per heavy atom. The van der Waals surface area contributed by atoms with Crippen molar-refractivity contribution in [3.63, 3.8) is 0 Å². The van der Waals surface area contributed by atoms with Gasteiger partial charge in [0.2, 0.25) is 0 Å². The Labute approximate surface area is 200 Å². The van der Waals surface area contributed by atoms with Gasteiger partial charge in [0, 0.05) is 24.6 Å². The lowest BCUT2D eigenvalue weighted by Crippen LogP contribution is -2.23. The molecule has 0 fully saturated rings. The lowest BCUT2D eigenvalue weighted by Gasteiger charge is -2.12. The third-order valence-electron chi connectivity index (χ3n) is 5.48. The van der Waals surface area contributed by atoms with E-state index in [1.54, 1.807) is 25.4 Å². The molecule has 186 valence electrons. The van der Waals surface area contributed by atoms with Crippen molar-refractivity contribution >= 4 is 11.6 Å². The van der Waals surface area contributed by atoms with Gasteiger partial charge in [-0.15, -0.1) is 0 Å². The van der Waals surface area contributed by atoms with Crippen molar-refractivity contribution in [1.82, 2.24) is 19.7 Å². The number of aryl methyl sites for hydroxylation is 1. The molecule has 0 radical (unpaired) electrons. The minimum atomic E-state index is -4.40. The van der Waals surface area contributed by atoms with Gasteiger partial charge in [-0.3, -0.25) is 24.3 Å². The van der Waals surface area contributed by atoms with E-state index in [0.29, 0.717) is 42.5 Å². The van der Waals surface area contributed by atoms with Gasteiger partial charge in [-0.1, -0.05) is 13.3 Å². The molecule has 1 aliphatic rings. The summed E-state index contributed by atoms with van der Waals surface area (Å²) in [4.78, 5) is 23.3. The van der Waals surface area contributed by atoms with Crippen LogP contribution in [0.15, 0.2) is 36.9 Å². The predicted molar refractivity (Wildman–Crippen MR) is 122 cm³/mol. The van der Waals surface area contributed by atoms with E-state index >= 15 is 0 Å². The van der Waals surface area contributed by atoms with Crippen molar-refractivity contribution in [2.45, 2.75) is 46.0 Å². The molecule has 0 spiro atoms. The fourth-order valence-electron chi connectivity index (χ4n) is 3.82. The van der Waals surface area contributed by atoms with Crippen molar-refractivity contribution in [1.29, 1.82) is 0 Å². The fourth-order valence-corrected chi connectivity index (χ4v) is 3.82. The van der Waals surface area contributed by atoms with Gasteiger partial charge < -0.3 is 9.47 Å². The molecular weight excluding hydrogens is 463 g/mol. The number of carbonyl (C=O) groups excluding carboxylic acids is 1. The molecule has 0 saturated carbocycles. The predicted octanol–water partition coefficient (Wildman–Crippen LogP) is 4.57. The molecule has 0 bridgehead atoms. The monoisotopic (exact) mass is 489 g/mol. The van der Waals surface area contributed by atoms with Gasteiger partial charge in [0.25, 0.3) is 5.91 Å². The number of hydrogen-bond donors (Lipinski definition) is 0. The van der Waals surface area contributed by atoms with Crippen LogP contribution in [0, 0.1) is 6.92 Å². The van der Waals surface area contributed by atoms with Gasteiger partial charge >= 0.3 is 6.18 Å². The average molecular weight is 489 g/mol. The van der Waals surface area contributed by atoms with Crippen LogP contribution in [0.4, 0.5) is 18.9 Å². The average Bonchev–Trinajstić information content (AvgIpc) is 3.39. The van der Waals surface area contributed by atoms with Crippen LogP contribution >= 0.6 is 0 Å². The first kappa shape index (κ1) is 24.6. The Morgan fingerprint density at radius 3 is 2.71 bits per heavy atom. The van der Waals surface area contributed by atoms with Crippen molar-refractivity contribution in [3.8, 4) is 17.0 Å². The SMILES string of the molecule is CCCCOCCOc1cncc(-c2cc(C)c3c(n2)CN(c2cnn(CC(F)(F)F)c2)C3=O)c1. The van der Waals surface area contributed by atoms with E-state index in [2.05, 4.69) is 22.0 Å². The molecule has 3 aromatic heterocycles. The molecule has 0 unspecified atom stereocenters. The Balaban J connectivity index is 1.48. The molecule has 1 amide bonds. The molecule has 8 nitrogen and oxygen atoms in total. The fraction of sp³-hybridized carbons (Fsp3) is 0.417. The van der Waals surface area contributed by atoms with Crippen molar-refractivity contribution in [2.24, 2.45) is 0 Å². The molecule has 0 aliphatic carbocycles. The lowest BCUT2D eigenvalue weighted by atomic mass is 10.1. The number of alkyl halides is 3. The molecule has 0 N–H and O–H groups in total. The first-order valence-electron chi connectivity index (χ1n) is 11.3. The summed E-state index contributed by atoms with van der Waals surface area (Å²) >= 11 is 0. The van der Waals surface area contributed by atoms with Gasteiger partial charge in [0.05, 0.1) is 48.2 Å². The van der Waals surface area contributed by atoms with Crippen LogP contribution in [0.1, 0.15) is 41.4 Å². The summed E-state index contributed by atoms with van der Waals surface area (Å²) in [5.74, 6) is 0.262. The highest BCUT2D eigenvalue weighted by molar-refractivity contribution is 6.10. The quantitative estimate of drug-likeness (QED) is 0.388. The summed E-state index contributed by atoms with van der Waals surface area (Å²) in [5.41, 5.74) is 3.35. The van der Waals surface area contributed by atoms with Crippen LogP contribution < -0.4 is 9.64 Å². The second kappa shape index (κ2) is 10.4. The van der Waals surface area contributed by atoms with E-state index in [1.165, 1.54) is 17.3 Å². The Bertz CT molecular complexity index is 1200. The van der Waals surface area contributed by atoms with Gasteiger partial charge in [0.15, 0.2) is 0 Å². The van der Waals surface area contributed by atoms with Crippen LogP contribution in [-0.4, -0.2) is 51.7 Å². The number of amides is 1. The Morgan fingerprint density at radius 1 is 1.11 bits per heavy atom. The summed E-state index contributed by atoms with van der Waals surface area (Å²) < 4.78 is 50.0. The second-order valence-electron chi connectivity index (χ2n) is 8.27. The molecule has 0 saturated heterocycles. The lowest BCUT2D eigenvalue weighted by molar-refractivity contribution is -0.142. The van der Waals surface area contributed by atoms with Crippen molar-refractivity contribution in [2.75, 3.05) is 24.7 Å². The number of carbonyl (C=O) groups is 1. The molecule has 4 heterocycles. The zero-order valence-electron chi connectivity index (χ0n) is 19.5. The number of ether oxygens (including phenoxy) is 2. The first-order chi connectivity index (χ1) is 16.7. The smallest absolute Gasteiger partial charge is 0.408 e. The molecule has 4 rings (SSSR count). The zero-order valence-corrected chi connectivity index (χ0v) is 19.5. The van der Waals surface area contributed by atoms with Crippen molar-refractivity contribution in [3.05, 3.63) is 53.7 Å². The van der Waals surface area contributed by atoms with Gasteiger partial charge in [-0.05, 0) is 31.0 Å². The van der Waals surface area contributed by atoms with Crippen LogP contribution in [0.3, 0.4) is 0 Å². The third-order valence-corrected chi connectivity index (χ3v) is 5.48. The van der Waals surface area contributed by atoms with Gasteiger partial charge in [-0.2, -0.15) is 18.3 Å². The topological polar surface area (TPSA) is 82.4 Å². The third kappa shape index (κ3) is 5.97. The maximum atomic E-state index is 13.0. The highest BCUT2D eigenvalue weighted by atomic mass is 19.4. The minimum absolute atomic E-state index is 0.138. The van der Waals surface area contributed by atoms with Crippen molar-refractivity contribution < 1.29 is 27.4 Å². The van der Waals surface area contributed by atoms with E-state index in [-0.39, 0.29) is 18.1 Å². The molecule has 1 aliphatic heterocycles. The maximum Gasteiger partial charge on any atom is 0.408 e. The number of fused-ring (bicyclic) bond motifs is 1. The van der Waals surface area contributed by atoms with E-state index < -0.39 is 12.7 Å². The highest BCUT2D eigenvalue weighted by Gasteiger charge is 2.34. The minimum Gasteiger partial charge on any atom is -0.490 e. The Hall–Kier alpha value is -3.47. The van der Waals surface area contributed by atoms with Crippen LogP contribution in [-0.2, 0) is 17.8 Å².